The zero-order valence-electron chi connectivity index (χ0n) is 13.5. The third kappa shape index (κ3) is 5.02. The number of aliphatic carboxylic acids is 1. The van der Waals surface area contributed by atoms with Gasteiger partial charge in [-0.25, -0.2) is 4.79 Å². The van der Waals surface area contributed by atoms with Gasteiger partial charge in [0.15, 0.2) is 6.61 Å². The van der Waals surface area contributed by atoms with Crippen LogP contribution in [0.2, 0.25) is 0 Å². The maximum atomic E-state index is 11.8. The van der Waals surface area contributed by atoms with Gasteiger partial charge in [-0.15, -0.1) is 0 Å². The highest BCUT2D eigenvalue weighted by Gasteiger charge is 2.16. The molecule has 0 saturated carbocycles. The fourth-order valence-electron chi connectivity index (χ4n) is 2.23. The van der Waals surface area contributed by atoms with E-state index in [2.05, 4.69) is 4.98 Å². The number of benzene rings is 1. The summed E-state index contributed by atoms with van der Waals surface area (Å²) in [5.74, 6) is -0.785. The van der Waals surface area contributed by atoms with Gasteiger partial charge in [0.25, 0.3) is 0 Å². The summed E-state index contributed by atoms with van der Waals surface area (Å²) in [5.41, 5.74) is 1.38. The molecule has 0 aliphatic carbocycles. The van der Waals surface area contributed by atoms with Crippen molar-refractivity contribution < 1.29 is 24.2 Å². The van der Waals surface area contributed by atoms with Crippen LogP contribution in [-0.2, 0) is 20.7 Å². The Kier molecular flexibility index (Phi) is 4.93. The van der Waals surface area contributed by atoms with Crippen LogP contribution in [0.15, 0.2) is 24.4 Å². The molecule has 2 N–H and O–H groups in total. The fraction of sp³-hybridized carbons (Fsp3) is 0.412. The maximum absolute atomic E-state index is 11.8. The molecule has 2 aromatic rings. The monoisotopic (exact) mass is 319 g/mol. The first-order chi connectivity index (χ1) is 10.7. The van der Waals surface area contributed by atoms with Gasteiger partial charge in [-0.05, 0) is 51.0 Å². The average Bonchev–Trinajstić information content (AvgIpc) is 2.83. The van der Waals surface area contributed by atoms with Crippen LogP contribution in [0.3, 0.4) is 0 Å². The Bertz CT molecular complexity index is 711. The SMILES string of the molecule is CC(C)(C)OC(=O)CCc1c[nH]c2ccc(OCC(=O)O)cc12. The summed E-state index contributed by atoms with van der Waals surface area (Å²) in [4.78, 5) is 25.5. The Morgan fingerprint density at radius 3 is 2.65 bits per heavy atom. The van der Waals surface area contributed by atoms with Gasteiger partial charge >= 0.3 is 11.9 Å². The Labute approximate surface area is 134 Å². The number of H-pyrrole nitrogens is 1. The third-order valence-electron chi connectivity index (χ3n) is 3.12. The van der Waals surface area contributed by atoms with Crippen molar-refractivity contribution in [3.8, 4) is 5.75 Å². The predicted molar refractivity (Wildman–Crippen MR) is 85.6 cm³/mol. The lowest BCUT2D eigenvalue weighted by Gasteiger charge is -2.19. The number of ether oxygens (including phenoxy) is 2. The average molecular weight is 319 g/mol. The minimum absolute atomic E-state index is 0.245. The summed E-state index contributed by atoms with van der Waals surface area (Å²) in [7, 11) is 0. The molecule has 2 rings (SSSR count). The third-order valence-corrected chi connectivity index (χ3v) is 3.12. The van der Waals surface area contributed by atoms with E-state index in [1.807, 2.05) is 33.0 Å². The molecule has 6 nitrogen and oxygen atoms in total. The molecule has 0 saturated heterocycles. The summed E-state index contributed by atoms with van der Waals surface area (Å²) in [6, 6.07) is 5.31. The second kappa shape index (κ2) is 6.73. The van der Waals surface area contributed by atoms with Gasteiger partial charge < -0.3 is 19.6 Å². The molecule has 0 unspecified atom stereocenters. The standard InChI is InChI=1S/C17H21NO5/c1-17(2,3)23-16(21)7-4-11-9-18-14-6-5-12(8-13(11)14)22-10-15(19)20/h5-6,8-9,18H,4,7,10H2,1-3H3,(H,19,20). The van der Waals surface area contributed by atoms with Gasteiger partial charge in [0.1, 0.15) is 11.4 Å². The molecule has 0 fully saturated rings. The van der Waals surface area contributed by atoms with Crippen molar-refractivity contribution in [2.45, 2.75) is 39.2 Å². The highest BCUT2D eigenvalue weighted by Crippen LogP contribution is 2.25. The van der Waals surface area contributed by atoms with Crippen LogP contribution in [0, 0.1) is 0 Å². The molecular weight excluding hydrogens is 298 g/mol. The molecule has 0 amide bonds. The van der Waals surface area contributed by atoms with Crippen molar-refractivity contribution in [1.82, 2.24) is 4.98 Å². The molecule has 0 aliphatic rings. The summed E-state index contributed by atoms with van der Waals surface area (Å²) in [5, 5.41) is 9.57. The lowest BCUT2D eigenvalue weighted by atomic mass is 10.1. The topological polar surface area (TPSA) is 88.6 Å². The van der Waals surface area contributed by atoms with Crippen LogP contribution in [0.25, 0.3) is 10.9 Å². The Morgan fingerprint density at radius 1 is 1.26 bits per heavy atom. The summed E-state index contributed by atoms with van der Waals surface area (Å²) in [6.45, 7) is 5.12. The number of carbonyl (C=O) groups excluding carboxylic acids is 1. The summed E-state index contributed by atoms with van der Waals surface area (Å²) in [6.07, 6.45) is 2.66. The van der Waals surface area contributed by atoms with Gasteiger partial charge in [-0.2, -0.15) is 0 Å². The minimum Gasteiger partial charge on any atom is -0.482 e. The molecule has 0 radical (unpaired) electrons. The molecule has 0 aliphatic heterocycles. The molecule has 1 heterocycles. The number of carboxylic acids is 1. The second-order valence-corrected chi connectivity index (χ2v) is 6.29. The molecule has 124 valence electrons. The fourth-order valence-corrected chi connectivity index (χ4v) is 2.23. The molecule has 0 atom stereocenters. The Morgan fingerprint density at radius 2 is 2.00 bits per heavy atom. The Hall–Kier alpha value is -2.50. The van der Waals surface area contributed by atoms with Gasteiger partial charge in [-0.1, -0.05) is 0 Å². The Balaban J connectivity index is 2.07. The predicted octanol–water partition coefficient (Wildman–Crippen LogP) is 2.91. The van der Waals surface area contributed by atoms with Crippen molar-refractivity contribution in [1.29, 1.82) is 0 Å². The molecule has 1 aromatic heterocycles. The molecule has 0 spiro atoms. The summed E-state index contributed by atoms with van der Waals surface area (Å²) < 4.78 is 10.5. The number of aryl methyl sites for hydroxylation is 1. The molecule has 6 heteroatoms. The molecular formula is C17H21NO5. The van der Waals surface area contributed by atoms with E-state index in [0.717, 1.165) is 16.5 Å². The van der Waals surface area contributed by atoms with E-state index in [9.17, 15) is 9.59 Å². The number of rotatable bonds is 6. The van der Waals surface area contributed by atoms with E-state index in [1.54, 1.807) is 12.1 Å². The minimum atomic E-state index is -1.02. The number of nitrogens with one attached hydrogen (secondary N) is 1. The van der Waals surface area contributed by atoms with Crippen LogP contribution in [0.1, 0.15) is 32.8 Å². The molecule has 23 heavy (non-hydrogen) atoms. The van der Waals surface area contributed by atoms with Gasteiger partial charge in [0.2, 0.25) is 0 Å². The van der Waals surface area contributed by atoms with Gasteiger partial charge in [0, 0.05) is 23.5 Å². The normalized spacial score (nSPS) is 11.4. The highest BCUT2D eigenvalue weighted by atomic mass is 16.6. The number of hydrogen-bond acceptors (Lipinski definition) is 4. The zero-order valence-corrected chi connectivity index (χ0v) is 13.5. The zero-order chi connectivity index (χ0) is 17.0. The van der Waals surface area contributed by atoms with Crippen LogP contribution in [-0.4, -0.2) is 34.2 Å². The van der Waals surface area contributed by atoms with E-state index in [-0.39, 0.29) is 19.0 Å². The number of esters is 1. The number of fused-ring (bicyclic) bond motifs is 1. The largest absolute Gasteiger partial charge is 0.482 e. The maximum Gasteiger partial charge on any atom is 0.341 e. The van der Waals surface area contributed by atoms with E-state index in [4.69, 9.17) is 14.6 Å². The first kappa shape index (κ1) is 16.9. The number of aromatic amines is 1. The van der Waals surface area contributed by atoms with Crippen LogP contribution in [0.5, 0.6) is 5.75 Å². The van der Waals surface area contributed by atoms with E-state index in [0.29, 0.717) is 12.2 Å². The van der Waals surface area contributed by atoms with Crippen LogP contribution >= 0.6 is 0 Å². The van der Waals surface area contributed by atoms with Crippen molar-refractivity contribution in [3.63, 3.8) is 0 Å². The van der Waals surface area contributed by atoms with Crippen molar-refractivity contribution in [2.24, 2.45) is 0 Å². The van der Waals surface area contributed by atoms with Crippen LogP contribution in [0.4, 0.5) is 0 Å². The van der Waals surface area contributed by atoms with Crippen LogP contribution < -0.4 is 4.74 Å². The number of hydrogen-bond donors (Lipinski definition) is 2. The second-order valence-electron chi connectivity index (χ2n) is 6.29. The van der Waals surface area contributed by atoms with E-state index in [1.165, 1.54) is 0 Å². The van der Waals surface area contributed by atoms with E-state index < -0.39 is 11.6 Å². The van der Waals surface area contributed by atoms with E-state index >= 15 is 0 Å². The van der Waals surface area contributed by atoms with Crippen molar-refractivity contribution in [2.75, 3.05) is 6.61 Å². The smallest absolute Gasteiger partial charge is 0.341 e. The number of aromatic nitrogens is 1. The van der Waals surface area contributed by atoms with Crippen molar-refractivity contribution in [3.05, 3.63) is 30.0 Å². The van der Waals surface area contributed by atoms with Crippen molar-refractivity contribution >= 4 is 22.8 Å². The number of carbonyl (C=O) groups is 2. The lowest BCUT2D eigenvalue weighted by molar-refractivity contribution is -0.154. The highest BCUT2D eigenvalue weighted by molar-refractivity contribution is 5.85. The van der Waals surface area contributed by atoms with Gasteiger partial charge in [-0.3, -0.25) is 4.79 Å². The summed E-state index contributed by atoms with van der Waals surface area (Å²) >= 11 is 0. The first-order valence-corrected chi connectivity index (χ1v) is 7.41. The first-order valence-electron chi connectivity index (χ1n) is 7.41. The van der Waals surface area contributed by atoms with Gasteiger partial charge in [0.05, 0.1) is 0 Å². The number of carboxylic acid groups (broad SMARTS) is 1. The molecule has 1 aromatic carbocycles. The molecule has 0 bridgehead atoms. The lowest BCUT2D eigenvalue weighted by Crippen LogP contribution is -2.23. The quantitative estimate of drug-likeness (QED) is 0.799.